The van der Waals surface area contributed by atoms with Crippen LogP contribution in [-0.4, -0.2) is 17.3 Å². The molecule has 0 radical (unpaired) electrons. The zero-order valence-electron chi connectivity index (χ0n) is 9.88. The van der Waals surface area contributed by atoms with Crippen LogP contribution in [0.15, 0.2) is 16.6 Å². The molecular weight excluding hydrogens is 268 g/mol. The van der Waals surface area contributed by atoms with E-state index in [9.17, 15) is 5.11 Å². The van der Waals surface area contributed by atoms with Gasteiger partial charge in [0.05, 0.1) is 4.47 Å². The van der Waals surface area contributed by atoms with Gasteiger partial charge < -0.3 is 9.84 Å². The van der Waals surface area contributed by atoms with E-state index in [4.69, 9.17) is 4.74 Å². The van der Waals surface area contributed by atoms with E-state index in [-0.39, 0.29) is 18.1 Å². The van der Waals surface area contributed by atoms with Crippen molar-refractivity contribution in [3.8, 4) is 5.75 Å². The number of halogens is 1. The van der Waals surface area contributed by atoms with Crippen molar-refractivity contribution in [3.63, 3.8) is 0 Å². The van der Waals surface area contributed by atoms with E-state index in [0.29, 0.717) is 0 Å². The van der Waals surface area contributed by atoms with Gasteiger partial charge in [-0.2, -0.15) is 0 Å². The van der Waals surface area contributed by atoms with Gasteiger partial charge in [0.1, 0.15) is 11.4 Å². The van der Waals surface area contributed by atoms with Gasteiger partial charge in [0.2, 0.25) is 0 Å². The van der Waals surface area contributed by atoms with Crippen molar-refractivity contribution in [3.05, 3.63) is 27.7 Å². The van der Waals surface area contributed by atoms with Crippen molar-refractivity contribution in [2.75, 3.05) is 6.61 Å². The number of ether oxygens (including phenoxy) is 1. The Morgan fingerprint density at radius 3 is 2.81 bits per heavy atom. The van der Waals surface area contributed by atoms with Crippen LogP contribution in [0.3, 0.4) is 0 Å². The molecule has 0 bridgehead atoms. The van der Waals surface area contributed by atoms with Crippen LogP contribution in [0.5, 0.6) is 5.75 Å². The van der Waals surface area contributed by atoms with Crippen molar-refractivity contribution in [1.29, 1.82) is 0 Å². The normalized spacial score (nSPS) is 19.1. The van der Waals surface area contributed by atoms with Gasteiger partial charge in [-0.1, -0.05) is 13.0 Å². The van der Waals surface area contributed by atoms with E-state index < -0.39 is 0 Å². The summed E-state index contributed by atoms with van der Waals surface area (Å²) in [5.74, 6) is 1.13. The molecule has 0 aromatic heterocycles. The van der Waals surface area contributed by atoms with E-state index in [0.717, 1.165) is 22.2 Å². The first-order chi connectivity index (χ1) is 7.43. The van der Waals surface area contributed by atoms with Gasteiger partial charge in [0, 0.05) is 18.9 Å². The fraction of sp³-hybridized carbons (Fsp3) is 0.538. The van der Waals surface area contributed by atoms with Crippen LogP contribution >= 0.6 is 15.9 Å². The third kappa shape index (κ3) is 2.11. The summed E-state index contributed by atoms with van der Waals surface area (Å²) in [6.07, 6.45) is 0.924. The van der Waals surface area contributed by atoms with Gasteiger partial charge in [0.15, 0.2) is 0 Å². The average molecular weight is 285 g/mol. The molecule has 1 atom stereocenters. The first-order valence-corrected chi connectivity index (χ1v) is 6.34. The maximum atomic E-state index is 9.18. The Morgan fingerprint density at radius 2 is 2.19 bits per heavy atom. The van der Waals surface area contributed by atoms with Crippen LogP contribution in [0.25, 0.3) is 0 Å². The van der Waals surface area contributed by atoms with Crippen molar-refractivity contribution in [2.24, 2.45) is 0 Å². The van der Waals surface area contributed by atoms with Gasteiger partial charge >= 0.3 is 0 Å². The molecule has 3 heteroatoms. The molecule has 0 aliphatic carbocycles. The Kier molecular flexibility index (Phi) is 3.01. The second-order valence-electron chi connectivity index (χ2n) is 5.11. The van der Waals surface area contributed by atoms with E-state index >= 15 is 0 Å². The van der Waals surface area contributed by atoms with Crippen LogP contribution in [0.4, 0.5) is 0 Å². The van der Waals surface area contributed by atoms with Crippen molar-refractivity contribution < 1.29 is 9.84 Å². The number of aliphatic hydroxyl groups is 1. The molecule has 1 unspecified atom stereocenters. The molecule has 1 aromatic carbocycles. The van der Waals surface area contributed by atoms with Gasteiger partial charge in [-0.3, -0.25) is 0 Å². The Balaban J connectivity index is 2.42. The summed E-state index contributed by atoms with van der Waals surface area (Å²) in [6.45, 7) is 6.38. The first kappa shape index (κ1) is 11.9. The molecular formula is C13H17BrO2. The summed E-state index contributed by atoms with van der Waals surface area (Å²) in [5, 5.41) is 9.18. The smallest absolute Gasteiger partial charge is 0.137 e. The second-order valence-corrected chi connectivity index (χ2v) is 5.97. The SMILES string of the molecule is CC(CO)c1cc(Br)c2c(c1)CC(C)(C)O2. The molecule has 88 valence electrons. The van der Waals surface area contributed by atoms with Crippen LogP contribution in [0.1, 0.15) is 37.8 Å². The summed E-state index contributed by atoms with van der Waals surface area (Å²) in [7, 11) is 0. The number of hydrogen-bond acceptors (Lipinski definition) is 2. The first-order valence-electron chi connectivity index (χ1n) is 5.55. The lowest BCUT2D eigenvalue weighted by atomic mass is 9.96. The highest BCUT2D eigenvalue weighted by atomic mass is 79.9. The molecule has 1 aliphatic rings. The highest BCUT2D eigenvalue weighted by molar-refractivity contribution is 9.10. The lowest BCUT2D eigenvalue weighted by molar-refractivity contribution is 0.137. The Hall–Kier alpha value is -0.540. The highest BCUT2D eigenvalue weighted by Crippen LogP contribution is 2.42. The van der Waals surface area contributed by atoms with Gasteiger partial charge in [-0.05, 0) is 47.0 Å². The van der Waals surface area contributed by atoms with Crippen LogP contribution in [0, 0.1) is 0 Å². The van der Waals surface area contributed by atoms with Crippen molar-refractivity contribution in [1.82, 2.24) is 0 Å². The predicted molar refractivity (Wildman–Crippen MR) is 68.1 cm³/mol. The summed E-state index contributed by atoms with van der Waals surface area (Å²) in [6, 6.07) is 4.19. The van der Waals surface area contributed by atoms with Crippen LogP contribution in [0.2, 0.25) is 0 Å². The summed E-state index contributed by atoms with van der Waals surface area (Å²) in [5.41, 5.74) is 2.27. The number of fused-ring (bicyclic) bond motifs is 1. The Morgan fingerprint density at radius 1 is 1.50 bits per heavy atom. The average Bonchev–Trinajstić information content (AvgIpc) is 2.52. The largest absolute Gasteiger partial charge is 0.486 e. The summed E-state index contributed by atoms with van der Waals surface area (Å²) < 4.78 is 6.88. The minimum absolute atomic E-state index is 0.119. The lowest BCUT2D eigenvalue weighted by Crippen LogP contribution is -2.24. The molecule has 1 N–H and O–H groups in total. The maximum Gasteiger partial charge on any atom is 0.137 e. The number of benzene rings is 1. The minimum atomic E-state index is -0.119. The van der Waals surface area contributed by atoms with Gasteiger partial charge in [-0.15, -0.1) is 0 Å². The molecule has 1 aliphatic heterocycles. The monoisotopic (exact) mass is 284 g/mol. The fourth-order valence-electron chi connectivity index (χ4n) is 2.08. The molecule has 0 fully saturated rings. The molecule has 2 rings (SSSR count). The van der Waals surface area contributed by atoms with Gasteiger partial charge in [0.25, 0.3) is 0 Å². The zero-order chi connectivity index (χ0) is 11.9. The van der Waals surface area contributed by atoms with Crippen molar-refractivity contribution in [2.45, 2.75) is 38.7 Å². The predicted octanol–water partition coefficient (Wildman–Crippen LogP) is 3.26. The lowest BCUT2D eigenvalue weighted by Gasteiger charge is -2.17. The second kappa shape index (κ2) is 4.04. The Bertz CT molecular complexity index is 413. The number of rotatable bonds is 2. The Labute approximate surface area is 105 Å². The number of aliphatic hydroxyl groups excluding tert-OH is 1. The standard InChI is InChI=1S/C13H17BrO2/c1-8(7-15)9-4-10-6-13(2,3)16-12(10)11(14)5-9/h4-5,8,15H,6-7H2,1-3H3. The molecule has 0 amide bonds. The molecule has 16 heavy (non-hydrogen) atoms. The molecule has 0 saturated carbocycles. The highest BCUT2D eigenvalue weighted by Gasteiger charge is 2.32. The fourth-order valence-corrected chi connectivity index (χ4v) is 2.68. The number of hydrogen-bond donors (Lipinski definition) is 1. The molecule has 1 heterocycles. The molecule has 0 spiro atoms. The topological polar surface area (TPSA) is 29.5 Å². The van der Waals surface area contributed by atoms with Gasteiger partial charge in [-0.25, -0.2) is 0 Å². The van der Waals surface area contributed by atoms with Crippen molar-refractivity contribution >= 4 is 15.9 Å². The molecule has 1 aromatic rings. The zero-order valence-corrected chi connectivity index (χ0v) is 11.5. The minimum Gasteiger partial charge on any atom is -0.486 e. The third-order valence-corrected chi connectivity index (χ3v) is 3.57. The maximum absolute atomic E-state index is 9.18. The van der Waals surface area contributed by atoms with E-state index in [1.165, 1.54) is 5.56 Å². The summed E-state index contributed by atoms with van der Waals surface area (Å²) >= 11 is 3.54. The molecule has 2 nitrogen and oxygen atoms in total. The van der Waals surface area contributed by atoms with Crippen LogP contribution < -0.4 is 4.74 Å². The third-order valence-electron chi connectivity index (χ3n) is 2.98. The van der Waals surface area contributed by atoms with E-state index in [1.807, 2.05) is 13.0 Å². The summed E-state index contributed by atoms with van der Waals surface area (Å²) in [4.78, 5) is 0. The van der Waals surface area contributed by atoms with E-state index in [1.54, 1.807) is 0 Å². The van der Waals surface area contributed by atoms with Crippen LogP contribution in [-0.2, 0) is 6.42 Å². The molecule has 0 saturated heterocycles. The van der Waals surface area contributed by atoms with E-state index in [2.05, 4.69) is 35.8 Å². The quantitative estimate of drug-likeness (QED) is 0.903.